The van der Waals surface area contributed by atoms with Crippen LogP contribution in [-0.4, -0.2) is 21.0 Å². The van der Waals surface area contributed by atoms with E-state index < -0.39 is 10.8 Å². The van der Waals surface area contributed by atoms with Crippen molar-refractivity contribution in [1.29, 1.82) is 0 Å². The van der Waals surface area contributed by atoms with Gasteiger partial charge in [-0.05, 0) is 25.0 Å². The van der Waals surface area contributed by atoms with Crippen molar-refractivity contribution in [3.05, 3.63) is 51.0 Å². The topological polar surface area (TPSA) is 98.0 Å². The van der Waals surface area contributed by atoms with Crippen LogP contribution in [0.5, 0.6) is 0 Å². The van der Waals surface area contributed by atoms with Crippen LogP contribution >= 0.6 is 11.3 Å². The van der Waals surface area contributed by atoms with Crippen molar-refractivity contribution in [2.75, 3.05) is 5.32 Å². The minimum absolute atomic E-state index is 0.0477. The van der Waals surface area contributed by atoms with Gasteiger partial charge in [-0.3, -0.25) is 20.2 Å². The van der Waals surface area contributed by atoms with E-state index in [1.165, 1.54) is 29.6 Å². The van der Waals surface area contributed by atoms with E-state index in [2.05, 4.69) is 29.4 Å². The minimum atomic E-state index is -0.482. The van der Waals surface area contributed by atoms with Gasteiger partial charge in [-0.15, -0.1) is 10.2 Å². The third kappa shape index (κ3) is 4.45. The first-order chi connectivity index (χ1) is 11.5. The summed E-state index contributed by atoms with van der Waals surface area (Å²) >= 11 is 1.35. The second-order valence-corrected chi connectivity index (χ2v) is 6.11. The zero-order valence-electron chi connectivity index (χ0n) is 13.4. The Hall–Kier alpha value is -2.61. The predicted molar refractivity (Wildman–Crippen MR) is 94.0 cm³/mol. The van der Waals surface area contributed by atoms with Crippen LogP contribution in [0.15, 0.2) is 30.3 Å². The van der Waals surface area contributed by atoms with Gasteiger partial charge in [0.05, 0.1) is 10.5 Å². The molecule has 0 radical (unpaired) electrons. The number of aromatic nitrogens is 2. The van der Waals surface area contributed by atoms with Gasteiger partial charge in [-0.2, -0.15) is 0 Å². The smallest absolute Gasteiger partial charge is 0.276 e. The Morgan fingerprint density at radius 3 is 2.71 bits per heavy atom. The van der Waals surface area contributed by atoms with Crippen molar-refractivity contribution in [3.63, 3.8) is 0 Å². The average Bonchev–Trinajstić information content (AvgIpc) is 3.02. The molecule has 126 valence electrons. The van der Waals surface area contributed by atoms with E-state index in [1.807, 2.05) is 0 Å². The Kier molecular flexibility index (Phi) is 6.14. The van der Waals surface area contributed by atoms with Crippen LogP contribution in [0.3, 0.4) is 0 Å². The van der Waals surface area contributed by atoms with Crippen molar-refractivity contribution in [2.45, 2.75) is 32.6 Å². The standard InChI is InChI=1S/C16H18N4O3S/c1-3-11(4-2)15-18-19-16(24-15)17-14(21)10-9-12-7-5-6-8-13(12)20(22)23/h5-11H,3-4H2,1-2H3,(H,17,19,21). The number of benzene rings is 1. The monoisotopic (exact) mass is 346 g/mol. The van der Waals surface area contributed by atoms with E-state index in [-0.39, 0.29) is 5.69 Å². The highest BCUT2D eigenvalue weighted by molar-refractivity contribution is 7.15. The van der Waals surface area contributed by atoms with E-state index in [0.717, 1.165) is 17.8 Å². The average molecular weight is 346 g/mol. The molecule has 24 heavy (non-hydrogen) atoms. The first kappa shape index (κ1) is 17.7. The molecule has 0 aliphatic carbocycles. The highest BCUT2D eigenvalue weighted by Gasteiger charge is 2.14. The summed E-state index contributed by atoms with van der Waals surface area (Å²) in [5.74, 6) is -0.0592. The lowest BCUT2D eigenvalue weighted by atomic mass is 10.1. The van der Waals surface area contributed by atoms with Crippen LogP contribution in [0.2, 0.25) is 0 Å². The maximum Gasteiger partial charge on any atom is 0.276 e. The van der Waals surface area contributed by atoms with Crippen LogP contribution < -0.4 is 5.32 Å². The first-order valence-corrected chi connectivity index (χ1v) is 8.42. The molecule has 8 heteroatoms. The molecule has 0 unspecified atom stereocenters. The summed E-state index contributed by atoms with van der Waals surface area (Å²) in [7, 11) is 0. The SMILES string of the molecule is CCC(CC)c1nnc(NC(=O)C=Cc2ccccc2[N+](=O)[O-])s1. The van der Waals surface area contributed by atoms with Gasteiger partial charge in [0, 0.05) is 18.1 Å². The van der Waals surface area contributed by atoms with E-state index in [1.54, 1.807) is 18.2 Å². The molecule has 0 saturated heterocycles. The summed E-state index contributed by atoms with van der Waals surface area (Å²) in [6, 6.07) is 6.23. The number of para-hydroxylation sites is 1. The molecular formula is C16H18N4O3S. The molecular weight excluding hydrogens is 328 g/mol. The predicted octanol–water partition coefficient (Wildman–Crippen LogP) is 4.00. The van der Waals surface area contributed by atoms with Crippen molar-refractivity contribution < 1.29 is 9.72 Å². The zero-order valence-corrected chi connectivity index (χ0v) is 14.2. The molecule has 1 aromatic heterocycles. The minimum Gasteiger partial charge on any atom is -0.297 e. The second-order valence-electron chi connectivity index (χ2n) is 5.10. The molecule has 7 nitrogen and oxygen atoms in total. The zero-order chi connectivity index (χ0) is 17.5. The van der Waals surface area contributed by atoms with Gasteiger partial charge >= 0.3 is 0 Å². The summed E-state index contributed by atoms with van der Waals surface area (Å²) in [5, 5.41) is 23.0. The lowest BCUT2D eigenvalue weighted by Crippen LogP contribution is -2.07. The van der Waals surface area contributed by atoms with Crippen LogP contribution in [-0.2, 0) is 4.79 Å². The van der Waals surface area contributed by atoms with Crippen molar-refractivity contribution in [2.24, 2.45) is 0 Å². The van der Waals surface area contributed by atoms with Crippen molar-refractivity contribution in [3.8, 4) is 0 Å². The van der Waals surface area contributed by atoms with Gasteiger partial charge in [0.1, 0.15) is 5.01 Å². The van der Waals surface area contributed by atoms with Gasteiger partial charge in [-0.1, -0.05) is 37.3 Å². The Balaban J connectivity index is 2.05. The van der Waals surface area contributed by atoms with Crippen molar-refractivity contribution in [1.82, 2.24) is 10.2 Å². The fraction of sp³-hybridized carbons (Fsp3) is 0.312. The third-order valence-electron chi connectivity index (χ3n) is 3.55. The fourth-order valence-corrected chi connectivity index (χ4v) is 3.21. The lowest BCUT2D eigenvalue weighted by molar-refractivity contribution is -0.385. The second kappa shape index (κ2) is 8.30. The van der Waals surface area contributed by atoms with Gasteiger partial charge in [0.15, 0.2) is 0 Å². The maximum atomic E-state index is 12.0. The molecule has 0 atom stereocenters. The molecule has 0 aliphatic heterocycles. The van der Waals surface area contributed by atoms with Crippen LogP contribution in [0.1, 0.15) is 43.2 Å². The number of amides is 1. The Morgan fingerprint density at radius 2 is 2.04 bits per heavy atom. The van der Waals surface area contributed by atoms with Gasteiger partial charge in [-0.25, -0.2) is 0 Å². The highest BCUT2D eigenvalue weighted by Crippen LogP contribution is 2.28. The van der Waals surface area contributed by atoms with E-state index in [9.17, 15) is 14.9 Å². The van der Waals surface area contributed by atoms with E-state index >= 15 is 0 Å². The lowest BCUT2D eigenvalue weighted by Gasteiger charge is -2.05. The number of carbonyl (C=O) groups excluding carboxylic acids is 1. The third-order valence-corrected chi connectivity index (χ3v) is 4.55. The maximum absolute atomic E-state index is 12.0. The van der Waals surface area contributed by atoms with Gasteiger partial charge < -0.3 is 0 Å². The molecule has 0 fully saturated rings. The quantitative estimate of drug-likeness (QED) is 0.464. The molecule has 0 aliphatic rings. The fourth-order valence-electron chi connectivity index (χ4n) is 2.20. The number of carbonyl (C=O) groups is 1. The van der Waals surface area contributed by atoms with Crippen LogP contribution in [0, 0.1) is 10.1 Å². The summed E-state index contributed by atoms with van der Waals surface area (Å²) in [4.78, 5) is 22.4. The highest BCUT2D eigenvalue weighted by atomic mass is 32.1. The summed E-state index contributed by atoms with van der Waals surface area (Å²) in [6.45, 7) is 4.17. The van der Waals surface area contributed by atoms with E-state index in [4.69, 9.17) is 0 Å². The number of hydrogen-bond donors (Lipinski definition) is 1. The molecule has 1 heterocycles. The number of rotatable bonds is 7. The number of anilines is 1. The molecule has 1 amide bonds. The molecule has 0 saturated carbocycles. The molecule has 2 rings (SSSR count). The first-order valence-electron chi connectivity index (χ1n) is 7.61. The summed E-state index contributed by atoms with van der Waals surface area (Å²) < 4.78 is 0. The number of hydrogen-bond acceptors (Lipinski definition) is 6. The van der Waals surface area contributed by atoms with Gasteiger partial charge in [0.25, 0.3) is 5.69 Å². The van der Waals surface area contributed by atoms with Crippen LogP contribution in [0.25, 0.3) is 6.08 Å². The number of nitrogens with one attached hydrogen (secondary N) is 1. The van der Waals surface area contributed by atoms with E-state index in [0.29, 0.717) is 16.6 Å². The normalized spacial score (nSPS) is 11.1. The molecule has 2 aromatic rings. The Labute approximate surface area is 143 Å². The number of nitro benzene ring substituents is 1. The Morgan fingerprint density at radius 1 is 1.33 bits per heavy atom. The van der Waals surface area contributed by atoms with Crippen LogP contribution in [0.4, 0.5) is 10.8 Å². The summed E-state index contributed by atoms with van der Waals surface area (Å²) in [5.41, 5.74) is 0.320. The van der Waals surface area contributed by atoms with Crippen molar-refractivity contribution >= 4 is 34.1 Å². The summed E-state index contributed by atoms with van der Waals surface area (Å²) in [6.07, 6.45) is 4.60. The molecule has 1 aromatic carbocycles. The molecule has 0 bridgehead atoms. The number of nitrogens with zero attached hydrogens (tertiary/aromatic N) is 3. The molecule has 0 spiro atoms. The Bertz CT molecular complexity index is 753. The number of nitro groups is 1. The largest absolute Gasteiger partial charge is 0.297 e. The molecule has 1 N–H and O–H groups in total. The van der Waals surface area contributed by atoms with Gasteiger partial charge in [0.2, 0.25) is 11.0 Å².